The summed E-state index contributed by atoms with van der Waals surface area (Å²) in [7, 11) is 3.54. The minimum Gasteiger partial charge on any atom is -0.489 e. The molecule has 0 atom stereocenters. The van der Waals surface area contributed by atoms with Gasteiger partial charge in [-0.2, -0.15) is 0 Å². The van der Waals surface area contributed by atoms with Gasteiger partial charge in [-0.05, 0) is 54.4 Å². The van der Waals surface area contributed by atoms with E-state index in [-0.39, 0.29) is 11.8 Å². The number of aryl methyl sites for hydroxylation is 1. The number of nitrogens with zero attached hydrogens (tertiary/aromatic N) is 3. The quantitative estimate of drug-likeness (QED) is 0.305. The molecule has 0 N–H and O–H groups in total. The summed E-state index contributed by atoms with van der Waals surface area (Å²) in [5.41, 5.74) is 7.18. The molecule has 5 rings (SSSR count). The molecular weight excluding hydrogens is 490 g/mol. The van der Waals surface area contributed by atoms with E-state index in [1.807, 2.05) is 49.4 Å². The molecule has 0 amide bonds. The van der Waals surface area contributed by atoms with Crippen molar-refractivity contribution in [1.29, 1.82) is 0 Å². The molecule has 7 nitrogen and oxygen atoms in total. The summed E-state index contributed by atoms with van der Waals surface area (Å²) in [4.78, 5) is 34.2. The summed E-state index contributed by atoms with van der Waals surface area (Å²) in [5.74, 6) is 0.510. The van der Waals surface area contributed by atoms with Gasteiger partial charge in [0.15, 0.2) is 5.78 Å². The summed E-state index contributed by atoms with van der Waals surface area (Å²) >= 11 is 0. The molecule has 0 saturated carbocycles. The summed E-state index contributed by atoms with van der Waals surface area (Å²) in [5, 5.41) is 0. The SMILES string of the molecule is COC(=O)C1=Cc2cc(COc3cc(CC(=O)c4ccc(CN5CCN(C)CC5)cc4)ccc3C)cnc2C1. The van der Waals surface area contributed by atoms with E-state index in [4.69, 9.17) is 9.47 Å². The van der Waals surface area contributed by atoms with Crippen molar-refractivity contribution < 1.29 is 19.1 Å². The number of likely N-dealkylation sites (N-methyl/N-ethyl adjacent to an activating group) is 1. The van der Waals surface area contributed by atoms with Crippen molar-refractivity contribution in [3.8, 4) is 5.75 Å². The molecule has 2 heterocycles. The second kappa shape index (κ2) is 11.9. The Morgan fingerprint density at radius 2 is 1.69 bits per heavy atom. The van der Waals surface area contributed by atoms with Crippen molar-refractivity contribution >= 4 is 17.8 Å². The molecule has 3 aromatic rings. The Bertz CT molecular complexity index is 1390. The van der Waals surface area contributed by atoms with Crippen LogP contribution in [0.15, 0.2) is 60.3 Å². The number of aromatic nitrogens is 1. The molecule has 0 radical (unpaired) electrons. The average molecular weight is 526 g/mol. The highest BCUT2D eigenvalue weighted by Gasteiger charge is 2.20. The molecule has 7 heteroatoms. The van der Waals surface area contributed by atoms with Gasteiger partial charge in [-0.3, -0.25) is 14.7 Å². The van der Waals surface area contributed by atoms with E-state index < -0.39 is 0 Å². The Kier molecular flexibility index (Phi) is 8.19. The first-order chi connectivity index (χ1) is 18.9. The van der Waals surface area contributed by atoms with Gasteiger partial charge < -0.3 is 14.4 Å². The first-order valence-electron chi connectivity index (χ1n) is 13.4. The zero-order chi connectivity index (χ0) is 27.4. The zero-order valence-electron chi connectivity index (χ0n) is 22.9. The second-order valence-electron chi connectivity index (χ2n) is 10.5. The van der Waals surface area contributed by atoms with Gasteiger partial charge in [0.2, 0.25) is 0 Å². The van der Waals surface area contributed by atoms with Crippen LogP contribution < -0.4 is 4.74 Å². The number of fused-ring (bicyclic) bond motifs is 1. The summed E-state index contributed by atoms with van der Waals surface area (Å²) in [6.07, 6.45) is 4.41. The lowest BCUT2D eigenvalue weighted by molar-refractivity contribution is -0.136. The number of ether oxygens (including phenoxy) is 2. The van der Waals surface area contributed by atoms with Gasteiger partial charge in [-0.15, -0.1) is 0 Å². The Balaban J connectivity index is 1.18. The third kappa shape index (κ3) is 6.61. The van der Waals surface area contributed by atoms with Gasteiger partial charge in [0.05, 0.1) is 12.8 Å². The van der Waals surface area contributed by atoms with E-state index >= 15 is 0 Å². The minimum atomic E-state index is -0.325. The number of carbonyl (C=O) groups excluding carboxylic acids is 2. The molecule has 2 aliphatic rings. The third-order valence-corrected chi connectivity index (χ3v) is 7.49. The molecule has 0 spiro atoms. The number of hydrogen-bond donors (Lipinski definition) is 0. The van der Waals surface area contributed by atoms with E-state index in [0.717, 1.165) is 72.0 Å². The normalized spacial score (nSPS) is 15.5. The van der Waals surface area contributed by atoms with Gasteiger partial charge in [-0.25, -0.2) is 4.79 Å². The van der Waals surface area contributed by atoms with Crippen LogP contribution in [-0.4, -0.2) is 66.9 Å². The lowest BCUT2D eigenvalue weighted by Gasteiger charge is -2.32. The highest BCUT2D eigenvalue weighted by molar-refractivity contribution is 5.97. The van der Waals surface area contributed by atoms with Crippen molar-refractivity contribution in [2.75, 3.05) is 40.3 Å². The Hall–Kier alpha value is -3.81. The van der Waals surface area contributed by atoms with Crippen molar-refractivity contribution in [3.05, 3.63) is 99.4 Å². The van der Waals surface area contributed by atoms with Gasteiger partial charge in [0.1, 0.15) is 12.4 Å². The number of esters is 1. The molecule has 1 aromatic heterocycles. The fourth-order valence-corrected chi connectivity index (χ4v) is 5.01. The number of carbonyl (C=O) groups is 2. The van der Waals surface area contributed by atoms with Crippen LogP contribution in [0.25, 0.3) is 6.08 Å². The lowest BCUT2D eigenvalue weighted by atomic mass is 10.0. The molecule has 1 fully saturated rings. The van der Waals surface area contributed by atoms with Crippen molar-refractivity contribution in [1.82, 2.24) is 14.8 Å². The van der Waals surface area contributed by atoms with E-state index in [1.165, 1.54) is 12.7 Å². The van der Waals surface area contributed by atoms with Crippen LogP contribution in [0.1, 0.15) is 43.9 Å². The number of benzene rings is 2. The first-order valence-corrected chi connectivity index (χ1v) is 13.4. The number of hydrogen-bond acceptors (Lipinski definition) is 7. The first kappa shape index (κ1) is 26.8. The van der Waals surface area contributed by atoms with Crippen molar-refractivity contribution in [2.45, 2.75) is 32.9 Å². The van der Waals surface area contributed by atoms with Gasteiger partial charge in [0, 0.05) is 68.5 Å². The molecule has 1 aliphatic carbocycles. The van der Waals surface area contributed by atoms with Crippen LogP contribution in [0.3, 0.4) is 0 Å². The average Bonchev–Trinajstić information content (AvgIpc) is 3.38. The maximum absolute atomic E-state index is 13.0. The molecule has 39 heavy (non-hydrogen) atoms. The van der Waals surface area contributed by atoms with Gasteiger partial charge in [0.25, 0.3) is 0 Å². The molecule has 2 aromatic carbocycles. The number of Topliss-reactive ketones (excluding diaryl/α,β-unsaturated/α-hetero) is 1. The number of piperazine rings is 1. The number of ketones is 1. The second-order valence-corrected chi connectivity index (χ2v) is 10.5. The number of rotatable bonds is 9. The Morgan fingerprint density at radius 3 is 2.44 bits per heavy atom. The predicted molar refractivity (Wildman–Crippen MR) is 151 cm³/mol. The predicted octanol–water partition coefficient (Wildman–Crippen LogP) is 4.25. The molecule has 1 aliphatic heterocycles. The van der Waals surface area contributed by atoms with Crippen LogP contribution in [-0.2, 0) is 35.5 Å². The van der Waals surface area contributed by atoms with E-state index in [1.54, 1.807) is 6.20 Å². The van der Waals surface area contributed by atoms with Crippen LogP contribution >= 0.6 is 0 Å². The highest BCUT2D eigenvalue weighted by atomic mass is 16.5. The summed E-state index contributed by atoms with van der Waals surface area (Å²) < 4.78 is 11.0. The molecule has 1 saturated heterocycles. The topological polar surface area (TPSA) is 72.0 Å². The smallest absolute Gasteiger partial charge is 0.334 e. The van der Waals surface area contributed by atoms with Gasteiger partial charge in [-0.1, -0.05) is 36.4 Å². The molecular formula is C32H35N3O4. The fourth-order valence-electron chi connectivity index (χ4n) is 5.01. The van der Waals surface area contributed by atoms with Crippen molar-refractivity contribution in [2.24, 2.45) is 0 Å². The molecule has 202 valence electrons. The molecule has 0 unspecified atom stereocenters. The summed E-state index contributed by atoms with van der Waals surface area (Å²) in [6.45, 7) is 7.59. The van der Waals surface area contributed by atoms with Gasteiger partial charge >= 0.3 is 5.97 Å². The third-order valence-electron chi connectivity index (χ3n) is 7.49. The Labute approximate surface area is 230 Å². The van der Waals surface area contributed by atoms with E-state index in [9.17, 15) is 9.59 Å². The zero-order valence-corrected chi connectivity index (χ0v) is 22.9. The van der Waals surface area contributed by atoms with Crippen LogP contribution in [0.2, 0.25) is 0 Å². The van der Waals surface area contributed by atoms with Crippen LogP contribution in [0.5, 0.6) is 5.75 Å². The van der Waals surface area contributed by atoms with Crippen LogP contribution in [0.4, 0.5) is 0 Å². The lowest BCUT2D eigenvalue weighted by Crippen LogP contribution is -2.43. The van der Waals surface area contributed by atoms with E-state index in [0.29, 0.717) is 25.0 Å². The number of pyridine rings is 1. The largest absolute Gasteiger partial charge is 0.489 e. The monoisotopic (exact) mass is 525 g/mol. The maximum atomic E-state index is 13.0. The fraction of sp³-hybridized carbons (Fsp3) is 0.344. The van der Waals surface area contributed by atoms with Crippen LogP contribution in [0, 0.1) is 6.92 Å². The highest BCUT2D eigenvalue weighted by Crippen LogP contribution is 2.26. The maximum Gasteiger partial charge on any atom is 0.334 e. The standard InChI is InChI=1S/C32H35N3O4/c1-22-4-5-24(15-30(36)26-8-6-23(7-9-26)20-35-12-10-34(2)11-13-35)16-31(22)39-21-25-14-27-17-28(32(37)38-3)18-29(27)33-19-25/h4-9,14,16-17,19H,10-13,15,18,20-21H2,1-3H3. The summed E-state index contributed by atoms with van der Waals surface area (Å²) in [6, 6.07) is 16.0. The van der Waals surface area contributed by atoms with E-state index in [2.05, 4.69) is 34.0 Å². The minimum absolute atomic E-state index is 0.0898. The number of methoxy groups -OCH3 is 1. The van der Waals surface area contributed by atoms with Crippen molar-refractivity contribution in [3.63, 3.8) is 0 Å². The Morgan fingerprint density at radius 1 is 0.949 bits per heavy atom. The molecule has 0 bridgehead atoms.